The third-order valence-electron chi connectivity index (χ3n) is 7.59. The topological polar surface area (TPSA) is 74.3 Å². The summed E-state index contributed by atoms with van der Waals surface area (Å²) in [7, 11) is 1.59. The van der Waals surface area contributed by atoms with Crippen molar-refractivity contribution in [2.24, 2.45) is 0 Å². The summed E-state index contributed by atoms with van der Waals surface area (Å²) in [5.74, 6) is 0.863. The van der Waals surface area contributed by atoms with E-state index in [1.807, 2.05) is 36.1 Å². The average Bonchev–Trinajstić information content (AvgIpc) is 2.92. The van der Waals surface area contributed by atoms with Crippen molar-refractivity contribution in [2.75, 3.05) is 43.1 Å². The lowest BCUT2D eigenvalue weighted by Crippen LogP contribution is -2.65. The minimum Gasteiger partial charge on any atom is -0.493 e. The Balaban J connectivity index is 1.22. The van der Waals surface area contributed by atoms with Crippen LogP contribution in [0, 0.1) is 5.82 Å². The smallest absolute Gasteiger partial charge is 0.325 e. The number of methoxy groups -OCH3 is 1. The van der Waals surface area contributed by atoms with E-state index in [1.54, 1.807) is 42.3 Å². The molecule has 0 aromatic heterocycles. The first-order valence-corrected chi connectivity index (χ1v) is 12.7. The van der Waals surface area contributed by atoms with E-state index in [2.05, 4.69) is 10.2 Å². The molecule has 0 aliphatic carbocycles. The number of halogens is 1. The van der Waals surface area contributed by atoms with Crippen LogP contribution in [0.4, 0.5) is 20.6 Å². The number of fused-ring (bicyclic) bond motifs is 4. The molecule has 8 nitrogen and oxygen atoms in total. The van der Waals surface area contributed by atoms with Gasteiger partial charge in [-0.05, 0) is 55.5 Å². The van der Waals surface area contributed by atoms with Crippen molar-refractivity contribution in [3.63, 3.8) is 0 Å². The number of anilines is 2. The van der Waals surface area contributed by atoms with Gasteiger partial charge in [0.05, 0.1) is 18.8 Å². The van der Waals surface area contributed by atoms with E-state index in [-0.39, 0.29) is 23.8 Å². The van der Waals surface area contributed by atoms with E-state index in [0.29, 0.717) is 55.3 Å². The summed E-state index contributed by atoms with van der Waals surface area (Å²) in [4.78, 5) is 32.3. The number of amides is 3. The zero-order valence-corrected chi connectivity index (χ0v) is 21.3. The Kier molecular flexibility index (Phi) is 5.86. The fourth-order valence-electron chi connectivity index (χ4n) is 5.69. The van der Waals surface area contributed by atoms with E-state index in [0.717, 1.165) is 11.3 Å². The van der Waals surface area contributed by atoms with Gasteiger partial charge in [0.25, 0.3) is 5.91 Å². The second kappa shape index (κ2) is 9.24. The lowest BCUT2D eigenvalue weighted by molar-refractivity contribution is 0.0349. The monoisotopic (exact) mass is 516 g/mol. The molecule has 2 bridgehead atoms. The predicted molar refractivity (Wildman–Crippen MR) is 141 cm³/mol. The lowest BCUT2D eigenvalue weighted by atomic mass is 9.89. The molecule has 0 saturated carbocycles. The number of carbonyl (C=O) groups is 2. The van der Waals surface area contributed by atoms with Crippen LogP contribution in [0.15, 0.2) is 66.7 Å². The minimum atomic E-state index is -0.961. The Bertz CT molecular complexity index is 1390. The van der Waals surface area contributed by atoms with Crippen molar-refractivity contribution in [3.05, 3.63) is 83.7 Å². The second-order valence-corrected chi connectivity index (χ2v) is 10.0. The largest absolute Gasteiger partial charge is 0.493 e. The van der Waals surface area contributed by atoms with E-state index in [9.17, 15) is 14.0 Å². The molecule has 3 amide bonds. The van der Waals surface area contributed by atoms with Crippen LogP contribution in [0.1, 0.15) is 35.3 Å². The van der Waals surface area contributed by atoms with Crippen molar-refractivity contribution < 1.29 is 23.5 Å². The maximum absolute atomic E-state index is 13.4. The molecule has 2 saturated heterocycles. The number of benzene rings is 3. The van der Waals surface area contributed by atoms with Crippen molar-refractivity contribution in [3.8, 4) is 11.5 Å². The summed E-state index contributed by atoms with van der Waals surface area (Å²) in [6.07, 6.45) is 0.544. The second-order valence-electron chi connectivity index (χ2n) is 10.0. The van der Waals surface area contributed by atoms with Gasteiger partial charge in [-0.25, -0.2) is 9.18 Å². The van der Waals surface area contributed by atoms with Crippen LogP contribution < -0.4 is 24.6 Å². The SMILES string of the molecule is COc1cccc2c1OC1(C)CC2NC(=O)N1c1cccc(C(=O)N2CCN(c3ccc(F)cc3)CC2)c1. The maximum atomic E-state index is 13.4. The summed E-state index contributed by atoms with van der Waals surface area (Å²) in [5.41, 5.74) is 1.95. The van der Waals surface area contributed by atoms with Crippen LogP contribution in [-0.2, 0) is 0 Å². The molecular formula is C29H29FN4O4. The van der Waals surface area contributed by atoms with Gasteiger partial charge in [-0.1, -0.05) is 18.2 Å². The summed E-state index contributed by atoms with van der Waals surface area (Å²) >= 11 is 0. The molecule has 2 unspecified atom stereocenters. The summed E-state index contributed by atoms with van der Waals surface area (Å²) in [6.45, 7) is 4.28. The third-order valence-corrected chi connectivity index (χ3v) is 7.59. The van der Waals surface area contributed by atoms with Crippen molar-refractivity contribution >= 4 is 23.3 Å². The summed E-state index contributed by atoms with van der Waals surface area (Å²) < 4.78 is 25.2. The van der Waals surface area contributed by atoms with Gasteiger partial charge >= 0.3 is 6.03 Å². The first-order valence-electron chi connectivity index (χ1n) is 12.7. The van der Waals surface area contributed by atoms with E-state index in [4.69, 9.17) is 9.47 Å². The Labute approximate surface area is 220 Å². The first-order chi connectivity index (χ1) is 18.4. The van der Waals surface area contributed by atoms with E-state index in [1.165, 1.54) is 12.1 Å². The molecular weight excluding hydrogens is 487 g/mol. The van der Waals surface area contributed by atoms with Gasteiger partial charge in [0, 0.05) is 49.4 Å². The molecule has 3 aromatic carbocycles. The quantitative estimate of drug-likeness (QED) is 0.550. The standard InChI is InChI=1S/C29H29FN4O4/c1-29-18-24(23-7-4-8-25(37-2)26(23)38-29)31-28(36)34(29)22-6-3-5-19(17-22)27(35)33-15-13-32(14-16-33)21-11-9-20(30)10-12-21/h3-12,17,24H,13-16,18H2,1-2H3,(H,31,36). The van der Waals surface area contributed by atoms with Crippen molar-refractivity contribution in [2.45, 2.75) is 25.1 Å². The lowest BCUT2D eigenvalue weighted by Gasteiger charge is -2.50. The number of urea groups is 1. The summed E-state index contributed by atoms with van der Waals surface area (Å²) in [6, 6.07) is 18.7. The highest BCUT2D eigenvalue weighted by Gasteiger charge is 2.50. The van der Waals surface area contributed by atoms with E-state index >= 15 is 0 Å². The molecule has 3 aromatic rings. The molecule has 196 valence electrons. The van der Waals surface area contributed by atoms with Crippen molar-refractivity contribution in [1.29, 1.82) is 0 Å². The minimum absolute atomic E-state index is 0.0948. The predicted octanol–water partition coefficient (Wildman–Crippen LogP) is 4.57. The Hall–Kier alpha value is -4.27. The van der Waals surface area contributed by atoms with Crippen LogP contribution in [0.3, 0.4) is 0 Å². The highest BCUT2D eigenvalue weighted by molar-refractivity contribution is 5.99. The zero-order chi connectivity index (χ0) is 26.4. The van der Waals surface area contributed by atoms with Gasteiger partial charge in [-0.3, -0.25) is 9.69 Å². The molecule has 1 N–H and O–H groups in total. The van der Waals surface area contributed by atoms with Crippen molar-refractivity contribution in [1.82, 2.24) is 10.2 Å². The molecule has 2 atom stereocenters. The number of ether oxygens (including phenoxy) is 2. The maximum Gasteiger partial charge on any atom is 0.325 e. The molecule has 0 spiro atoms. The molecule has 0 radical (unpaired) electrons. The average molecular weight is 517 g/mol. The van der Waals surface area contributed by atoms with Gasteiger partial charge in [-0.15, -0.1) is 0 Å². The Morgan fingerprint density at radius 3 is 2.50 bits per heavy atom. The number of hydrogen-bond acceptors (Lipinski definition) is 5. The highest BCUT2D eigenvalue weighted by Crippen LogP contribution is 2.49. The Morgan fingerprint density at radius 2 is 1.76 bits per heavy atom. The van der Waals surface area contributed by atoms with Crippen LogP contribution in [0.5, 0.6) is 11.5 Å². The molecule has 6 rings (SSSR count). The van der Waals surface area contributed by atoms with Crippen LogP contribution in [0.2, 0.25) is 0 Å². The number of nitrogens with one attached hydrogen (secondary N) is 1. The number of nitrogens with zero attached hydrogens (tertiary/aromatic N) is 3. The van der Waals surface area contributed by atoms with E-state index < -0.39 is 5.72 Å². The van der Waals surface area contributed by atoms with Gasteiger partial charge in [0.2, 0.25) is 0 Å². The fraction of sp³-hybridized carbons (Fsp3) is 0.310. The highest BCUT2D eigenvalue weighted by atomic mass is 19.1. The van der Waals surface area contributed by atoms with Gasteiger partial charge in [0.15, 0.2) is 17.2 Å². The summed E-state index contributed by atoms with van der Waals surface area (Å²) in [5, 5.41) is 3.09. The third kappa shape index (κ3) is 4.08. The molecule has 38 heavy (non-hydrogen) atoms. The van der Waals surface area contributed by atoms with Crippen LogP contribution >= 0.6 is 0 Å². The molecule has 2 fully saturated rings. The van der Waals surface area contributed by atoms with Gasteiger partial charge in [0.1, 0.15) is 5.82 Å². The number of para-hydroxylation sites is 1. The number of piperazine rings is 1. The normalized spacial score (nSPS) is 22.3. The Morgan fingerprint density at radius 1 is 1.03 bits per heavy atom. The van der Waals surface area contributed by atoms with Crippen LogP contribution in [0.25, 0.3) is 0 Å². The molecule has 9 heteroatoms. The van der Waals surface area contributed by atoms with Crippen LogP contribution in [-0.4, -0.2) is 55.9 Å². The molecule has 3 heterocycles. The molecule has 3 aliphatic rings. The van der Waals surface area contributed by atoms with Gasteiger partial charge < -0.3 is 24.6 Å². The van der Waals surface area contributed by atoms with Gasteiger partial charge in [-0.2, -0.15) is 0 Å². The zero-order valence-electron chi connectivity index (χ0n) is 21.3. The number of carbonyl (C=O) groups excluding carboxylic acids is 2. The fourth-order valence-corrected chi connectivity index (χ4v) is 5.69. The first kappa shape index (κ1) is 24.1. The number of rotatable bonds is 4. The molecule has 3 aliphatic heterocycles. The number of hydrogen-bond donors (Lipinski definition) is 1.